The minimum atomic E-state index is 0.142. The number of rotatable bonds is 8. The van der Waals surface area contributed by atoms with Gasteiger partial charge in [-0.3, -0.25) is 4.79 Å². The van der Waals surface area contributed by atoms with Crippen molar-refractivity contribution >= 4 is 17.7 Å². The SMILES string of the molecule is CCCn1c(SCC(=O)N(C(C)C)C(C)C)nnc1-c1cccc(C)c1. The Bertz CT molecular complexity index is 731. The van der Waals surface area contributed by atoms with Gasteiger partial charge in [-0.05, 0) is 47.1 Å². The number of amides is 1. The number of hydrogen-bond acceptors (Lipinski definition) is 4. The van der Waals surface area contributed by atoms with Crippen molar-refractivity contribution in [1.82, 2.24) is 19.7 Å². The van der Waals surface area contributed by atoms with Gasteiger partial charge in [-0.1, -0.05) is 42.4 Å². The van der Waals surface area contributed by atoms with Crippen molar-refractivity contribution in [2.45, 2.75) is 71.7 Å². The smallest absolute Gasteiger partial charge is 0.233 e. The molecule has 0 aliphatic rings. The molecule has 0 saturated carbocycles. The molecule has 142 valence electrons. The van der Waals surface area contributed by atoms with Gasteiger partial charge in [0.2, 0.25) is 5.91 Å². The molecule has 0 aliphatic heterocycles. The summed E-state index contributed by atoms with van der Waals surface area (Å²) in [5.74, 6) is 1.39. The fraction of sp³-hybridized carbons (Fsp3) is 0.550. The van der Waals surface area contributed by atoms with Gasteiger partial charge in [0, 0.05) is 24.2 Å². The van der Waals surface area contributed by atoms with Gasteiger partial charge < -0.3 is 9.47 Å². The van der Waals surface area contributed by atoms with E-state index in [4.69, 9.17) is 0 Å². The van der Waals surface area contributed by atoms with Gasteiger partial charge in [0.05, 0.1) is 5.75 Å². The number of carbonyl (C=O) groups excluding carboxylic acids is 1. The molecule has 0 bridgehead atoms. The fourth-order valence-corrected chi connectivity index (χ4v) is 4.03. The predicted molar refractivity (Wildman–Crippen MR) is 108 cm³/mol. The second-order valence-corrected chi connectivity index (χ2v) is 8.05. The molecular formula is C20H30N4OS. The fourth-order valence-electron chi connectivity index (χ4n) is 3.19. The van der Waals surface area contributed by atoms with Gasteiger partial charge >= 0.3 is 0 Å². The third-order valence-electron chi connectivity index (χ3n) is 4.17. The van der Waals surface area contributed by atoms with E-state index in [0.717, 1.165) is 29.5 Å². The summed E-state index contributed by atoms with van der Waals surface area (Å²) in [5.41, 5.74) is 2.26. The molecule has 6 heteroatoms. The van der Waals surface area contributed by atoms with Crippen molar-refractivity contribution < 1.29 is 4.79 Å². The van der Waals surface area contributed by atoms with Gasteiger partial charge in [-0.15, -0.1) is 10.2 Å². The Morgan fingerprint density at radius 2 is 1.88 bits per heavy atom. The second-order valence-electron chi connectivity index (χ2n) is 7.10. The van der Waals surface area contributed by atoms with E-state index in [0.29, 0.717) is 5.75 Å². The van der Waals surface area contributed by atoms with E-state index in [1.807, 2.05) is 11.0 Å². The summed E-state index contributed by atoms with van der Waals surface area (Å²) in [6.45, 7) is 13.3. The molecule has 0 atom stereocenters. The molecule has 2 rings (SSSR count). The highest BCUT2D eigenvalue weighted by atomic mass is 32.2. The largest absolute Gasteiger partial charge is 0.337 e. The van der Waals surface area contributed by atoms with Gasteiger partial charge in [-0.25, -0.2) is 0 Å². The van der Waals surface area contributed by atoms with Crippen molar-refractivity contribution in [2.75, 3.05) is 5.75 Å². The highest BCUT2D eigenvalue weighted by Crippen LogP contribution is 2.25. The Hall–Kier alpha value is -1.82. The molecule has 2 aromatic rings. The van der Waals surface area contributed by atoms with Crippen LogP contribution in [0.1, 0.15) is 46.6 Å². The first kappa shape index (κ1) is 20.5. The number of aromatic nitrogens is 3. The van der Waals surface area contributed by atoms with Crippen molar-refractivity contribution in [3.8, 4) is 11.4 Å². The normalized spacial score (nSPS) is 11.4. The summed E-state index contributed by atoms with van der Waals surface area (Å²) in [4.78, 5) is 14.6. The van der Waals surface area contributed by atoms with E-state index < -0.39 is 0 Å². The van der Waals surface area contributed by atoms with E-state index in [2.05, 4.69) is 74.5 Å². The number of aryl methyl sites for hydroxylation is 1. The van der Waals surface area contributed by atoms with Crippen LogP contribution in [-0.4, -0.2) is 43.4 Å². The van der Waals surface area contributed by atoms with Crippen molar-refractivity contribution in [1.29, 1.82) is 0 Å². The Morgan fingerprint density at radius 1 is 1.19 bits per heavy atom. The molecule has 5 nitrogen and oxygen atoms in total. The average molecular weight is 375 g/mol. The van der Waals surface area contributed by atoms with Crippen LogP contribution in [-0.2, 0) is 11.3 Å². The Balaban J connectivity index is 2.21. The van der Waals surface area contributed by atoms with Gasteiger partial charge in [0.25, 0.3) is 0 Å². The second kappa shape index (κ2) is 9.21. The zero-order valence-electron chi connectivity index (χ0n) is 16.7. The highest BCUT2D eigenvalue weighted by molar-refractivity contribution is 7.99. The predicted octanol–water partition coefficient (Wildman–Crippen LogP) is 4.40. The zero-order chi connectivity index (χ0) is 19.3. The third kappa shape index (κ3) is 4.87. The Kier molecular flexibility index (Phi) is 7.26. The van der Waals surface area contributed by atoms with E-state index in [9.17, 15) is 4.79 Å². The maximum atomic E-state index is 12.6. The summed E-state index contributed by atoms with van der Waals surface area (Å²) >= 11 is 1.48. The molecule has 1 amide bonds. The minimum absolute atomic E-state index is 0.142. The first-order valence-corrected chi connectivity index (χ1v) is 10.3. The first-order chi connectivity index (χ1) is 12.3. The van der Waals surface area contributed by atoms with Crippen LogP contribution < -0.4 is 0 Å². The molecular weight excluding hydrogens is 344 g/mol. The number of thioether (sulfide) groups is 1. The van der Waals surface area contributed by atoms with Crippen molar-refractivity contribution in [3.63, 3.8) is 0 Å². The topological polar surface area (TPSA) is 51.0 Å². The molecule has 1 aromatic carbocycles. The summed E-state index contributed by atoms with van der Waals surface area (Å²) in [6, 6.07) is 8.68. The molecule has 1 aromatic heterocycles. The van der Waals surface area contributed by atoms with Crippen LogP contribution in [0, 0.1) is 6.92 Å². The summed E-state index contributed by atoms with van der Waals surface area (Å²) in [7, 11) is 0. The van der Waals surface area contributed by atoms with E-state index >= 15 is 0 Å². The standard InChI is InChI=1S/C20H30N4OS/c1-7-11-23-19(17-10-8-9-16(6)12-17)21-22-20(23)26-13-18(25)24(14(2)3)15(4)5/h8-10,12,14-15H,7,11,13H2,1-6H3. The lowest BCUT2D eigenvalue weighted by molar-refractivity contribution is -0.131. The lowest BCUT2D eigenvalue weighted by Crippen LogP contribution is -2.43. The van der Waals surface area contributed by atoms with Crippen LogP contribution in [0.5, 0.6) is 0 Å². The van der Waals surface area contributed by atoms with E-state index in [1.165, 1.54) is 17.3 Å². The molecule has 0 radical (unpaired) electrons. The molecule has 26 heavy (non-hydrogen) atoms. The Labute approximate surface area is 161 Å². The number of carbonyl (C=O) groups is 1. The maximum Gasteiger partial charge on any atom is 0.233 e. The summed E-state index contributed by atoms with van der Waals surface area (Å²) in [5, 5.41) is 9.58. The molecule has 0 unspecified atom stereocenters. The Morgan fingerprint density at radius 3 is 2.46 bits per heavy atom. The number of hydrogen-bond donors (Lipinski definition) is 0. The molecule has 0 saturated heterocycles. The van der Waals surface area contributed by atoms with Crippen LogP contribution >= 0.6 is 11.8 Å². The van der Waals surface area contributed by atoms with Crippen molar-refractivity contribution in [2.24, 2.45) is 0 Å². The zero-order valence-corrected chi connectivity index (χ0v) is 17.5. The number of benzene rings is 1. The van der Waals surface area contributed by atoms with Gasteiger partial charge in [0.1, 0.15) is 0 Å². The molecule has 0 fully saturated rings. The summed E-state index contributed by atoms with van der Waals surface area (Å²) in [6.07, 6.45) is 0.989. The monoisotopic (exact) mass is 374 g/mol. The lowest BCUT2D eigenvalue weighted by atomic mass is 10.1. The van der Waals surface area contributed by atoms with Crippen LogP contribution in [0.25, 0.3) is 11.4 Å². The average Bonchev–Trinajstić information content (AvgIpc) is 2.95. The van der Waals surface area contributed by atoms with Gasteiger partial charge in [-0.2, -0.15) is 0 Å². The maximum absolute atomic E-state index is 12.6. The summed E-state index contributed by atoms with van der Waals surface area (Å²) < 4.78 is 2.13. The van der Waals surface area contributed by atoms with E-state index in [-0.39, 0.29) is 18.0 Å². The third-order valence-corrected chi connectivity index (χ3v) is 5.12. The van der Waals surface area contributed by atoms with Crippen LogP contribution in [0.3, 0.4) is 0 Å². The van der Waals surface area contributed by atoms with E-state index in [1.54, 1.807) is 0 Å². The highest BCUT2D eigenvalue weighted by Gasteiger charge is 2.22. The molecule has 0 N–H and O–H groups in total. The quantitative estimate of drug-likeness (QED) is 0.643. The first-order valence-electron chi connectivity index (χ1n) is 9.29. The van der Waals surface area contributed by atoms with Gasteiger partial charge in [0.15, 0.2) is 11.0 Å². The molecule has 0 spiro atoms. The van der Waals surface area contributed by atoms with Crippen LogP contribution in [0.2, 0.25) is 0 Å². The lowest BCUT2D eigenvalue weighted by Gasteiger charge is -2.30. The van der Waals surface area contributed by atoms with Crippen molar-refractivity contribution in [3.05, 3.63) is 29.8 Å². The van der Waals surface area contributed by atoms with Crippen LogP contribution in [0.4, 0.5) is 0 Å². The van der Waals surface area contributed by atoms with Crippen LogP contribution in [0.15, 0.2) is 29.4 Å². The molecule has 0 aliphatic carbocycles. The molecule has 1 heterocycles. The number of nitrogens with zero attached hydrogens (tertiary/aromatic N) is 4. The minimum Gasteiger partial charge on any atom is -0.337 e.